The van der Waals surface area contributed by atoms with Crippen molar-refractivity contribution in [2.75, 3.05) is 44.0 Å². The number of carbonyl (C=O) groups excluding carboxylic acids is 1. The van der Waals surface area contributed by atoms with Crippen LogP contribution in [0.25, 0.3) is 22.4 Å². The Morgan fingerprint density at radius 3 is 2.25 bits per heavy atom. The highest BCUT2D eigenvalue weighted by atomic mass is 32.2. The summed E-state index contributed by atoms with van der Waals surface area (Å²) in [5, 5.41) is 2.96. The molecule has 1 aromatic carbocycles. The fraction of sp³-hybridized carbons (Fsp3) is 0.391. The fourth-order valence-electron chi connectivity index (χ4n) is 3.72. The molecule has 0 saturated carbocycles. The van der Waals surface area contributed by atoms with Crippen LogP contribution in [0.3, 0.4) is 0 Å². The van der Waals surface area contributed by atoms with E-state index in [0.29, 0.717) is 22.9 Å². The maximum absolute atomic E-state index is 13.5. The topological polar surface area (TPSA) is 130 Å². The molecule has 0 atom stereocenters. The zero-order chi connectivity index (χ0) is 26.8. The van der Waals surface area contributed by atoms with Gasteiger partial charge in [-0.05, 0) is 48.7 Å². The quantitative estimate of drug-likeness (QED) is 0.418. The number of fused-ring (bicyclic) bond motifs is 1. The summed E-state index contributed by atoms with van der Waals surface area (Å²) in [6.07, 6.45) is 2.74. The molecule has 1 amide bonds. The van der Waals surface area contributed by atoms with Crippen LogP contribution in [-0.2, 0) is 26.5 Å². The van der Waals surface area contributed by atoms with Gasteiger partial charge in [-0.15, -0.1) is 0 Å². The molecule has 0 aliphatic rings. The third-order valence-corrected chi connectivity index (χ3v) is 8.19. The van der Waals surface area contributed by atoms with Crippen LogP contribution in [0.5, 0.6) is 0 Å². The lowest BCUT2D eigenvalue weighted by molar-refractivity contribution is 0.0964. The zero-order valence-corrected chi connectivity index (χ0v) is 22.3. The summed E-state index contributed by atoms with van der Waals surface area (Å²) in [5.41, 5.74) is 1.26. The molecule has 0 unspecified atom stereocenters. The van der Waals surface area contributed by atoms with Crippen molar-refractivity contribution < 1.29 is 30.4 Å². The number of furan rings is 1. The number of nitrogens with zero attached hydrogens (tertiary/aromatic N) is 3. The van der Waals surface area contributed by atoms with E-state index in [4.69, 9.17) is 4.42 Å². The van der Waals surface area contributed by atoms with Crippen LogP contribution in [-0.4, -0.2) is 71.7 Å². The lowest BCUT2D eigenvalue weighted by Crippen LogP contribution is -2.35. The molecule has 0 aliphatic heterocycles. The largest absolute Gasteiger partial charge is 0.437 e. The minimum atomic E-state index is -3.79. The Morgan fingerprint density at radius 2 is 1.72 bits per heavy atom. The monoisotopic (exact) mass is 540 g/mol. The Balaban J connectivity index is 2.15. The van der Waals surface area contributed by atoms with Gasteiger partial charge in [-0.25, -0.2) is 25.5 Å². The van der Waals surface area contributed by atoms with Gasteiger partial charge in [0.25, 0.3) is 5.91 Å². The van der Waals surface area contributed by atoms with Gasteiger partial charge in [-0.3, -0.25) is 9.10 Å². The molecule has 10 nitrogen and oxygen atoms in total. The molecule has 0 aliphatic carbocycles. The summed E-state index contributed by atoms with van der Waals surface area (Å²) < 4.78 is 70.5. The number of hydrogen-bond donors (Lipinski definition) is 1. The van der Waals surface area contributed by atoms with Crippen LogP contribution in [0.4, 0.5) is 10.2 Å². The van der Waals surface area contributed by atoms with Gasteiger partial charge in [0.1, 0.15) is 17.4 Å². The van der Waals surface area contributed by atoms with Gasteiger partial charge in [0.05, 0.1) is 23.5 Å². The molecule has 0 bridgehead atoms. The second-order valence-electron chi connectivity index (χ2n) is 8.34. The highest BCUT2D eigenvalue weighted by Gasteiger charge is 2.27. The Morgan fingerprint density at radius 1 is 1.08 bits per heavy atom. The van der Waals surface area contributed by atoms with Crippen LogP contribution in [0.15, 0.2) is 34.7 Å². The molecule has 3 aromatic rings. The molecule has 1 N–H and O–H groups in total. The lowest BCUT2D eigenvalue weighted by Gasteiger charge is -2.24. The number of hydrogen-bond acceptors (Lipinski definition) is 7. The van der Waals surface area contributed by atoms with E-state index in [-0.39, 0.29) is 42.4 Å². The Hall–Kier alpha value is -3.03. The SMILES string of the molecule is CCc1cc2c(C(=O)NC)c(-c3ccc(F)cc3)oc2nc1N(CCCN(C)S(C)(=O)=O)S(C)(=O)=O. The molecule has 0 spiro atoms. The van der Waals surface area contributed by atoms with Gasteiger partial charge in [0.2, 0.25) is 25.8 Å². The van der Waals surface area contributed by atoms with Crippen molar-refractivity contribution >= 4 is 42.9 Å². The van der Waals surface area contributed by atoms with Crippen molar-refractivity contribution in [1.82, 2.24) is 14.6 Å². The van der Waals surface area contributed by atoms with E-state index < -0.39 is 31.8 Å². The molecular weight excluding hydrogens is 511 g/mol. The zero-order valence-electron chi connectivity index (χ0n) is 20.7. The van der Waals surface area contributed by atoms with Crippen molar-refractivity contribution in [1.29, 1.82) is 0 Å². The maximum Gasteiger partial charge on any atom is 0.255 e. The summed E-state index contributed by atoms with van der Waals surface area (Å²) in [5.74, 6) is -0.571. The first-order valence-electron chi connectivity index (χ1n) is 11.1. The minimum Gasteiger partial charge on any atom is -0.437 e. The van der Waals surface area contributed by atoms with Crippen molar-refractivity contribution in [2.45, 2.75) is 19.8 Å². The smallest absolute Gasteiger partial charge is 0.255 e. The van der Waals surface area contributed by atoms with E-state index >= 15 is 0 Å². The number of anilines is 1. The standard InChI is InChI=1S/C23H29FN4O6S2/c1-6-15-14-18-19(22(29)25-2)20(16-8-10-17(24)11-9-16)34-23(18)26-21(15)28(36(5,32)33)13-7-12-27(3)35(4,30)31/h8-11,14H,6-7,12-13H2,1-5H3,(H,25,29). The first-order chi connectivity index (χ1) is 16.8. The number of aryl methyl sites for hydroxylation is 1. The van der Waals surface area contributed by atoms with Crippen molar-refractivity contribution in [3.8, 4) is 11.3 Å². The van der Waals surface area contributed by atoms with Crippen LogP contribution in [0.2, 0.25) is 0 Å². The minimum absolute atomic E-state index is 0.0158. The second-order valence-corrected chi connectivity index (χ2v) is 12.3. The van der Waals surface area contributed by atoms with Crippen LogP contribution >= 0.6 is 0 Å². The number of carbonyl (C=O) groups is 1. The molecule has 2 heterocycles. The van der Waals surface area contributed by atoms with E-state index in [1.165, 1.54) is 38.4 Å². The molecule has 0 radical (unpaired) electrons. The molecule has 196 valence electrons. The van der Waals surface area contributed by atoms with Gasteiger partial charge in [-0.1, -0.05) is 6.92 Å². The number of aromatic nitrogens is 1. The van der Waals surface area contributed by atoms with Crippen molar-refractivity contribution in [3.05, 3.63) is 47.3 Å². The van der Waals surface area contributed by atoms with E-state index in [1.807, 2.05) is 6.92 Å². The lowest BCUT2D eigenvalue weighted by atomic mass is 10.0. The molecule has 13 heteroatoms. The Bertz CT molecular complexity index is 1490. The van der Waals surface area contributed by atoms with E-state index in [0.717, 1.165) is 21.1 Å². The van der Waals surface area contributed by atoms with Crippen LogP contribution in [0, 0.1) is 5.82 Å². The number of sulfonamides is 2. The first-order valence-corrected chi connectivity index (χ1v) is 14.8. The fourth-order valence-corrected chi connectivity index (χ4v) is 5.11. The summed E-state index contributed by atoms with van der Waals surface area (Å²) in [7, 11) is -4.32. The third-order valence-electron chi connectivity index (χ3n) is 5.72. The van der Waals surface area contributed by atoms with Crippen molar-refractivity contribution in [2.24, 2.45) is 0 Å². The Labute approximate surface area is 210 Å². The number of amides is 1. The third kappa shape index (κ3) is 5.85. The molecule has 2 aromatic heterocycles. The highest BCUT2D eigenvalue weighted by Crippen LogP contribution is 2.36. The average molecular weight is 541 g/mol. The number of nitrogens with one attached hydrogen (secondary N) is 1. The summed E-state index contributed by atoms with van der Waals surface area (Å²) in [4.78, 5) is 17.3. The highest BCUT2D eigenvalue weighted by molar-refractivity contribution is 7.92. The van der Waals surface area contributed by atoms with Gasteiger partial charge in [0.15, 0.2) is 0 Å². The molecule has 3 rings (SSSR count). The van der Waals surface area contributed by atoms with E-state index in [1.54, 1.807) is 6.07 Å². The average Bonchev–Trinajstić information content (AvgIpc) is 3.17. The van der Waals surface area contributed by atoms with Gasteiger partial charge in [-0.2, -0.15) is 4.98 Å². The van der Waals surface area contributed by atoms with Gasteiger partial charge < -0.3 is 9.73 Å². The van der Waals surface area contributed by atoms with Crippen molar-refractivity contribution in [3.63, 3.8) is 0 Å². The van der Waals surface area contributed by atoms with E-state index in [2.05, 4.69) is 10.3 Å². The second kappa shape index (κ2) is 10.5. The molecule has 0 saturated heterocycles. The van der Waals surface area contributed by atoms with E-state index in [9.17, 15) is 26.0 Å². The predicted molar refractivity (Wildman–Crippen MR) is 136 cm³/mol. The summed E-state index contributed by atoms with van der Waals surface area (Å²) >= 11 is 0. The summed E-state index contributed by atoms with van der Waals surface area (Å²) in [6.45, 7) is 1.92. The number of pyridine rings is 1. The van der Waals surface area contributed by atoms with Crippen LogP contribution in [0.1, 0.15) is 29.3 Å². The number of halogens is 1. The first kappa shape index (κ1) is 27.6. The Kier molecular flexibility index (Phi) is 8.06. The van der Waals surface area contributed by atoms with Gasteiger partial charge in [0, 0.05) is 32.7 Å². The predicted octanol–water partition coefficient (Wildman–Crippen LogP) is 2.60. The summed E-state index contributed by atoms with van der Waals surface area (Å²) in [6, 6.07) is 7.10. The number of rotatable bonds is 10. The maximum atomic E-state index is 13.5. The normalized spacial score (nSPS) is 12.3. The van der Waals surface area contributed by atoms with Crippen LogP contribution < -0.4 is 9.62 Å². The van der Waals surface area contributed by atoms with Gasteiger partial charge >= 0.3 is 0 Å². The number of benzene rings is 1. The molecular formula is C23H29FN4O6S2. The molecule has 0 fully saturated rings. The molecule has 36 heavy (non-hydrogen) atoms.